The van der Waals surface area contributed by atoms with Crippen molar-refractivity contribution in [3.05, 3.63) is 35.4 Å². The molecule has 2 unspecified atom stereocenters. The Morgan fingerprint density at radius 1 is 1.14 bits per heavy atom. The van der Waals surface area contributed by atoms with Crippen LogP contribution in [0, 0.1) is 11.3 Å². The van der Waals surface area contributed by atoms with Gasteiger partial charge in [-0.25, -0.2) is 0 Å². The van der Waals surface area contributed by atoms with Crippen molar-refractivity contribution < 1.29 is 33.3 Å². The average Bonchev–Trinajstić information content (AvgIpc) is 3.21. The molecule has 0 saturated carbocycles. The molecule has 152 valence electrons. The number of esters is 2. The third kappa shape index (κ3) is 3.69. The Morgan fingerprint density at radius 3 is 2.50 bits per heavy atom. The molecule has 7 nitrogen and oxygen atoms in total. The van der Waals surface area contributed by atoms with E-state index in [1.165, 1.54) is 0 Å². The number of Topliss-reactive ketones (excluding diaryl/α,β-unsaturated/α-hetero) is 1. The summed E-state index contributed by atoms with van der Waals surface area (Å²) in [5.74, 6) is -2.74. The van der Waals surface area contributed by atoms with Crippen LogP contribution in [-0.4, -0.2) is 50.4 Å². The van der Waals surface area contributed by atoms with Crippen LogP contribution in [0.15, 0.2) is 24.3 Å². The number of fused-ring (bicyclic) bond motifs is 1. The Labute approximate surface area is 164 Å². The van der Waals surface area contributed by atoms with Crippen molar-refractivity contribution in [2.24, 2.45) is 11.3 Å². The number of aryl methyl sites for hydroxylation is 1. The molecule has 0 spiro atoms. The minimum atomic E-state index is -1.65. The van der Waals surface area contributed by atoms with Gasteiger partial charge in [-0.1, -0.05) is 24.3 Å². The van der Waals surface area contributed by atoms with Gasteiger partial charge in [0, 0.05) is 12.0 Å². The molecular weight excluding hydrogens is 364 g/mol. The third-order valence-electron chi connectivity index (χ3n) is 5.38. The number of hydrogen-bond donors (Lipinski definition) is 0. The van der Waals surface area contributed by atoms with Crippen LogP contribution in [0.4, 0.5) is 0 Å². The highest BCUT2D eigenvalue weighted by molar-refractivity contribution is 6.16. The molecule has 2 atom stereocenters. The van der Waals surface area contributed by atoms with Crippen LogP contribution in [-0.2, 0) is 35.0 Å². The zero-order chi connectivity index (χ0) is 20.1. The van der Waals surface area contributed by atoms with E-state index in [9.17, 15) is 14.4 Å². The zero-order valence-corrected chi connectivity index (χ0v) is 16.3. The van der Waals surface area contributed by atoms with Crippen molar-refractivity contribution in [3.63, 3.8) is 0 Å². The molecule has 0 aromatic heterocycles. The van der Waals surface area contributed by atoms with Gasteiger partial charge in [-0.15, -0.1) is 0 Å². The van der Waals surface area contributed by atoms with E-state index in [-0.39, 0.29) is 26.1 Å². The van der Waals surface area contributed by atoms with Gasteiger partial charge in [0.2, 0.25) is 0 Å². The SMILES string of the molecule is CCOC(=O)C(CC1OCCO1)C1(C(=O)OCC)CCc2ccccc2C1=O. The maximum Gasteiger partial charge on any atom is 0.320 e. The van der Waals surface area contributed by atoms with Crippen LogP contribution in [0.25, 0.3) is 0 Å². The van der Waals surface area contributed by atoms with Crippen LogP contribution in [0.3, 0.4) is 0 Å². The highest BCUT2D eigenvalue weighted by Crippen LogP contribution is 2.45. The summed E-state index contributed by atoms with van der Waals surface area (Å²) in [5.41, 5.74) is -0.334. The van der Waals surface area contributed by atoms with Gasteiger partial charge in [0.1, 0.15) is 5.41 Å². The molecule has 0 radical (unpaired) electrons. The Morgan fingerprint density at radius 2 is 1.82 bits per heavy atom. The van der Waals surface area contributed by atoms with Crippen LogP contribution in [0.5, 0.6) is 0 Å². The molecule has 0 bridgehead atoms. The Balaban J connectivity index is 2.06. The van der Waals surface area contributed by atoms with E-state index >= 15 is 0 Å². The van der Waals surface area contributed by atoms with Crippen molar-refractivity contribution in [3.8, 4) is 0 Å². The molecular formula is C21H26O7. The molecule has 1 aliphatic heterocycles. The Hall–Kier alpha value is -2.25. The van der Waals surface area contributed by atoms with Crippen LogP contribution < -0.4 is 0 Å². The minimum absolute atomic E-state index is 0.0611. The van der Waals surface area contributed by atoms with Crippen LogP contribution in [0.2, 0.25) is 0 Å². The molecule has 7 heteroatoms. The number of rotatable bonds is 7. The Bertz CT molecular complexity index is 738. The van der Waals surface area contributed by atoms with E-state index in [0.29, 0.717) is 25.2 Å². The monoisotopic (exact) mass is 390 g/mol. The maximum absolute atomic E-state index is 13.6. The van der Waals surface area contributed by atoms with Gasteiger partial charge < -0.3 is 18.9 Å². The van der Waals surface area contributed by atoms with E-state index < -0.39 is 35.3 Å². The van der Waals surface area contributed by atoms with E-state index in [1.807, 2.05) is 12.1 Å². The lowest BCUT2D eigenvalue weighted by Crippen LogP contribution is -2.53. The standard InChI is InChI=1S/C21H26O7/c1-3-25-19(23)16(13-17-27-11-12-28-17)21(20(24)26-4-2)10-9-14-7-5-6-8-15(14)18(21)22/h5-8,16-17H,3-4,9-13H2,1-2H3. The third-order valence-corrected chi connectivity index (χ3v) is 5.38. The molecule has 1 fully saturated rings. The minimum Gasteiger partial charge on any atom is -0.466 e. The smallest absolute Gasteiger partial charge is 0.320 e. The van der Waals surface area contributed by atoms with Gasteiger partial charge in [-0.05, 0) is 32.3 Å². The molecule has 1 aromatic carbocycles. The lowest BCUT2D eigenvalue weighted by atomic mass is 9.62. The number of benzene rings is 1. The molecule has 1 aromatic rings. The highest BCUT2D eigenvalue weighted by atomic mass is 16.7. The van der Waals surface area contributed by atoms with Crippen molar-refractivity contribution in [1.82, 2.24) is 0 Å². The summed E-state index contributed by atoms with van der Waals surface area (Å²) in [4.78, 5) is 39.6. The van der Waals surface area contributed by atoms with Gasteiger partial charge in [-0.2, -0.15) is 0 Å². The van der Waals surface area contributed by atoms with E-state index in [4.69, 9.17) is 18.9 Å². The number of carbonyl (C=O) groups is 3. The summed E-state index contributed by atoms with van der Waals surface area (Å²) in [6.07, 6.45) is 0.0672. The number of hydrogen-bond acceptors (Lipinski definition) is 7. The van der Waals surface area contributed by atoms with E-state index in [1.54, 1.807) is 26.0 Å². The second kappa shape index (κ2) is 8.84. The first-order valence-electron chi connectivity index (χ1n) is 9.74. The van der Waals surface area contributed by atoms with Gasteiger partial charge in [0.15, 0.2) is 12.1 Å². The molecule has 1 aliphatic carbocycles. The summed E-state index contributed by atoms with van der Waals surface area (Å²) in [6, 6.07) is 7.16. The normalized spacial score (nSPS) is 23.1. The molecule has 0 N–H and O–H groups in total. The van der Waals surface area contributed by atoms with Crippen molar-refractivity contribution >= 4 is 17.7 Å². The van der Waals surface area contributed by atoms with Crippen LogP contribution in [0.1, 0.15) is 42.6 Å². The Kier molecular flexibility index (Phi) is 6.46. The highest BCUT2D eigenvalue weighted by Gasteiger charge is 2.59. The van der Waals surface area contributed by atoms with Gasteiger partial charge in [-0.3, -0.25) is 14.4 Å². The lowest BCUT2D eigenvalue weighted by Gasteiger charge is -2.39. The quantitative estimate of drug-likeness (QED) is 0.521. The largest absolute Gasteiger partial charge is 0.466 e. The second-order valence-corrected chi connectivity index (χ2v) is 6.89. The summed E-state index contributed by atoms with van der Waals surface area (Å²) in [6.45, 7) is 4.43. The zero-order valence-electron chi connectivity index (χ0n) is 16.3. The topological polar surface area (TPSA) is 88.1 Å². The first-order chi connectivity index (χ1) is 13.5. The lowest BCUT2D eigenvalue weighted by molar-refractivity contribution is -0.171. The summed E-state index contributed by atoms with van der Waals surface area (Å²) in [5, 5.41) is 0. The van der Waals surface area contributed by atoms with Gasteiger partial charge >= 0.3 is 11.9 Å². The second-order valence-electron chi connectivity index (χ2n) is 6.89. The first-order valence-corrected chi connectivity index (χ1v) is 9.74. The predicted octanol–water partition coefficient (Wildman–Crippen LogP) is 2.31. The first kappa shape index (κ1) is 20.5. The summed E-state index contributed by atoms with van der Waals surface area (Å²) < 4.78 is 21.5. The van der Waals surface area contributed by atoms with Gasteiger partial charge in [0.05, 0.1) is 32.3 Å². The molecule has 1 saturated heterocycles. The molecule has 3 rings (SSSR count). The molecule has 1 heterocycles. The fourth-order valence-corrected chi connectivity index (χ4v) is 4.05. The number of carbonyl (C=O) groups excluding carboxylic acids is 3. The average molecular weight is 390 g/mol. The fraction of sp³-hybridized carbons (Fsp3) is 0.571. The summed E-state index contributed by atoms with van der Waals surface area (Å²) >= 11 is 0. The van der Waals surface area contributed by atoms with Crippen molar-refractivity contribution in [2.45, 2.75) is 39.4 Å². The van der Waals surface area contributed by atoms with Crippen molar-refractivity contribution in [2.75, 3.05) is 26.4 Å². The van der Waals surface area contributed by atoms with Gasteiger partial charge in [0.25, 0.3) is 0 Å². The van der Waals surface area contributed by atoms with E-state index in [2.05, 4.69) is 0 Å². The molecule has 0 amide bonds. The maximum atomic E-state index is 13.6. The van der Waals surface area contributed by atoms with E-state index in [0.717, 1.165) is 5.56 Å². The molecule has 28 heavy (non-hydrogen) atoms. The molecule has 2 aliphatic rings. The predicted molar refractivity (Wildman–Crippen MR) is 98.6 cm³/mol. The number of ether oxygens (including phenoxy) is 4. The van der Waals surface area contributed by atoms with Crippen molar-refractivity contribution in [1.29, 1.82) is 0 Å². The summed E-state index contributed by atoms with van der Waals surface area (Å²) in [7, 11) is 0. The fourth-order valence-electron chi connectivity index (χ4n) is 4.05. The van der Waals surface area contributed by atoms with Crippen LogP contribution >= 0.6 is 0 Å². The number of ketones is 1.